The minimum atomic E-state index is -0.559. The van der Waals surface area contributed by atoms with E-state index in [2.05, 4.69) is 5.32 Å². The van der Waals surface area contributed by atoms with E-state index in [4.69, 9.17) is 17.3 Å². The van der Waals surface area contributed by atoms with Crippen LogP contribution in [-0.2, 0) is 11.3 Å². The summed E-state index contributed by atoms with van der Waals surface area (Å²) in [5, 5.41) is 14.1. The molecular formula is C12H16ClN3O3. The lowest BCUT2D eigenvalue weighted by Crippen LogP contribution is -2.44. The van der Waals surface area contributed by atoms with Crippen LogP contribution < -0.4 is 11.1 Å². The normalized spacial score (nSPS) is 12.4. The first-order valence-corrected chi connectivity index (χ1v) is 6.17. The van der Waals surface area contributed by atoms with Gasteiger partial charge in [0.2, 0.25) is 5.91 Å². The van der Waals surface area contributed by atoms with Crippen LogP contribution in [0.5, 0.6) is 0 Å². The third kappa shape index (κ3) is 3.90. The summed E-state index contributed by atoms with van der Waals surface area (Å²) >= 11 is 5.96. The van der Waals surface area contributed by atoms with E-state index in [1.807, 2.05) is 13.8 Å². The van der Waals surface area contributed by atoms with Crippen LogP contribution in [0.1, 0.15) is 19.4 Å². The molecule has 1 unspecified atom stereocenters. The first kappa shape index (κ1) is 15.4. The summed E-state index contributed by atoms with van der Waals surface area (Å²) in [6, 6.07) is 3.89. The number of nitrogens with one attached hydrogen (secondary N) is 1. The Hall–Kier alpha value is -1.66. The first-order valence-electron chi connectivity index (χ1n) is 5.79. The zero-order valence-corrected chi connectivity index (χ0v) is 11.5. The van der Waals surface area contributed by atoms with Gasteiger partial charge in [0, 0.05) is 12.6 Å². The van der Waals surface area contributed by atoms with Crippen molar-refractivity contribution < 1.29 is 9.72 Å². The Balaban J connectivity index is 2.94. The van der Waals surface area contributed by atoms with Crippen molar-refractivity contribution in [1.82, 2.24) is 5.32 Å². The quantitative estimate of drug-likeness (QED) is 0.615. The van der Waals surface area contributed by atoms with Gasteiger partial charge in [0.05, 0.1) is 21.6 Å². The monoisotopic (exact) mass is 285 g/mol. The highest BCUT2D eigenvalue weighted by Crippen LogP contribution is 2.26. The van der Waals surface area contributed by atoms with Gasteiger partial charge in [-0.15, -0.1) is 0 Å². The van der Waals surface area contributed by atoms with E-state index in [0.717, 1.165) is 0 Å². The van der Waals surface area contributed by atoms with Gasteiger partial charge in [0.1, 0.15) is 0 Å². The second-order valence-electron chi connectivity index (χ2n) is 4.50. The molecule has 0 fully saturated rings. The molecule has 1 rings (SSSR count). The highest BCUT2D eigenvalue weighted by molar-refractivity contribution is 6.31. The minimum Gasteiger partial charge on any atom is -0.368 e. The van der Waals surface area contributed by atoms with Gasteiger partial charge in [-0.3, -0.25) is 14.9 Å². The predicted octanol–water partition coefficient (Wildman–Crippen LogP) is 1.85. The van der Waals surface area contributed by atoms with E-state index < -0.39 is 16.9 Å². The van der Waals surface area contributed by atoms with Crippen LogP contribution in [0.3, 0.4) is 0 Å². The maximum absolute atomic E-state index is 11.3. The lowest BCUT2D eigenvalue weighted by atomic mass is 10.0. The molecule has 1 aromatic rings. The summed E-state index contributed by atoms with van der Waals surface area (Å²) in [5.41, 5.74) is 5.54. The number of nitrogens with zero attached hydrogens (tertiary/aromatic N) is 1. The topological polar surface area (TPSA) is 98.3 Å². The molecule has 0 aliphatic carbocycles. The van der Waals surface area contributed by atoms with E-state index >= 15 is 0 Å². The maximum Gasteiger partial charge on any atom is 0.275 e. The van der Waals surface area contributed by atoms with Crippen molar-refractivity contribution in [1.29, 1.82) is 0 Å². The largest absolute Gasteiger partial charge is 0.368 e. The molecule has 1 amide bonds. The van der Waals surface area contributed by atoms with E-state index in [1.54, 1.807) is 6.07 Å². The average molecular weight is 286 g/mol. The van der Waals surface area contributed by atoms with Gasteiger partial charge in [-0.25, -0.2) is 0 Å². The van der Waals surface area contributed by atoms with Gasteiger partial charge >= 0.3 is 0 Å². The number of primary amides is 1. The summed E-state index contributed by atoms with van der Waals surface area (Å²) in [6.07, 6.45) is 0. The van der Waals surface area contributed by atoms with Crippen molar-refractivity contribution in [3.05, 3.63) is 38.9 Å². The number of hydrogen-bond acceptors (Lipinski definition) is 4. The van der Waals surface area contributed by atoms with Crippen molar-refractivity contribution in [2.24, 2.45) is 11.7 Å². The highest BCUT2D eigenvalue weighted by Gasteiger charge is 2.22. The molecule has 104 valence electrons. The Bertz CT molecular complexity index is 491. The van der Waals surface area contributed by atoms with Gasteiger partial charge in [0.15, 0.2) is 0 Å². The number of rotatable bonds is 6. The van der Waals surface area contributed by atoms with Gasteiger partial charge in [-0.1, -0.05) is 31.5 Å². The Labute approximate surface area is 116 Å². The fourth-order valence-corrected chi connectivity index (χ4v) is 2.01. The van der Waals surface area contributed by atoms with Crippen LogP contribution in [0, 0.1) is 16.0 Å². The molecule has 0 aliphatic heterocycles. The number of halogens is 1. The lowest BCUT2D eigenvalue weighted by molar-refractivity contribution is -0.385. The molecule has 0 bridgehead atoms. The van der Waals surface area contributed by atoms with E-state index in [1.165, 1.54) is 12.1 Å². The summed E-state index contributed by atoms with van der Waals surface area (Å²) < 4.78 is 0. The Morgan fingerprint density at radius 1 is 1.53 bits per heavy atom. The second-order valence-corrected chi connectivity index (χ2v) is 4.91. The molecule has 0 radical (unpaired) electrons. The van der Waals surface area contributed by atoms with Crippen molar-refractivity contribution in [2.75, 3.05) is 0 Å². The smallest absolute Gasteiger partial charge is 0.275 e. The van der Waals surface area contributed by atoms with Crippen molar-refractivity contribution in [3.8, 4) is 0 Å². The third-order valence-electron chi connectivity index (χ3n) is 2.76. The zero-order valence-electron chi connectivity index (χ0n) is 10.7. The van der Waals surface area contributed by atoms with Crippen LogP contribution in [0.4, 0.5) is 5.69 Å². The van der Waals surface area contributed by atoms with Crippen LogP contribution in [-0.4, -0.2) is 16.9 Å². The number of nitrogens with two attached hydrogens (primary N) is 1. The van der Waals surface area contributed by atoms with Gasteiger partial charge < -0.3 is 11.1 Å². The number of benzene rings is 1. The summed E-state index contributed by atoms with van der Waals surface area (Å²) in [7, 11) is 0. The standard InChI is InChI=1S/C12H16ClN3O3/c1-7(2)11(12(14)17)15-6-8-9(13)4-3-5-10(8)16(18)19/h3-5,7,11,15H,6H2,1-2H3,(H2,14,17). The van der Waals surface area contributed by atoms with Crippen LogP contribution in [0.15, 0.2) is 18.2 Å². The molecule has 7 heteroatoms. The SMILES string of the molecule is CC(C)C(NCc1c(Cl)cccc1[N+](=O)[O-])C(N)=O. The second kappa shape index (κ2) is 6.49. The van der Waals surface area contributed by atoms with Crippen molar-refractivity contribution >= 4 is 23.2 Å². The molecule has 0 saturated heterocycles. The number of carbonyl (C=O) groups excluding carboxylic acids is 1. The maximum atomic E-state index is 11.3. The number of amides is 1. The fourth-order valence-electron chi connectivity index (χ4n) is 1.77. The summed E-state index contributed by atoms with van der Waals surface area (Å²) in [5.74, 6) is -0.510. The van der Waals surface area contributed by atoms with Crippen molar-refractivity contribution in [3.63, 3.8) is 0 Å². The molecule has 19 heavy (non-hydrogen) atoms. The molecule has 0 aliphatic rings. The Morgan fingerprint density at radius 3 is 2.63 bits per heavy atom. The van der Waals surface area contributed by atoms with Crippen LogP contribution in [0.2, 0.25) is 5.02 Å². The molecule has 1 atom stereocenters. The Morgan fingerprint density at radius 2 is 2.16 bits per heavy atom. The zero-order chi connectivity index (χ0) is 14.6. The Kier molecular flexibility index (Phi) is 5.26. The minimum absolute atomic E-state index is 0.0148. The first-order chi connectivity index (χ1) is 8.84. The van der Waals surface area contributed by atoms with Crippen LogP contribution in [0.25, 0.3) is 0 Å². The summed E-state index contributed by atoms with van der Waals surface area (Å²) in [6.45, 7) is 3.79. The lowest BCUT2D eigenvalue weighted by Gasteiger charge is -2.19. The van der Waals surface area contributed by atoms with Crippen LogP contribution >= 0.6 is 11.6 Å². The number of carbonyl (C=O) groups is 1. The fraction of sp³-hybridized carbons (Fsp3) is 0.417. The van der Waals surface area contributed by atoms with Gasteiger partial charge in [-0.05, 0) is 12.0 Å². The summed E-state index contributed by atoms with van der Waals surface area (Å²) in [4.78, 5) is 21.7. The molecule has 0 spiro atoms. The molecule has 6 nitrogen and oxygen atoms in total. The van der Waals surface area contributed by atoms with E-state index in [-0.39, 0.29) is 23.2 Å². The molecule has 1 aromatic carbocycles. The average Bonchev–Trinajstić information content (AvgIpc) is 2.29. The van der Waals surface area contributed by atoms with E-state index in [0.29, 0.717) is 5.56 Å². The number of nitro benzene ring substituents is 1. The molecule has 3 N–H and O–H groups in total. The molecule has 0 heterocycles. The molecule has 0 saturated carbocycles. The number of nitro groups is 1. The highest BCUT2D eigenvalue weighted by atomic mass is 35.5. The van der Waals surface area contributed by atoms with Crippen molar-refractivity contribution in [2.45, 2.75) is 26.4 Å². The van der Waals surface area contributed by atoms with Gasteiger partial charge in [0.25, 0.3) is 5.69 Å². The predicted molar refractivity (Wildman–Crippen MR) is 72.8 cm³/mol. The van der Waals surface area contributed by atoms with E-state index in [9.17, 15) is 14.9 Å². The molecule has 0 aromatic heterocycles. The third-order valence-corrected chi connectivity index (χ3v) is 3.12. The molecular weight excluding hydrogens is 270 g/mol. The van der Waals surface area contributed by atoms with Gasteiger partial charge in [-0.2, -0.15) is 0 Å². The number of hydrogen-bond donors (Lipinski definition) is 2.